The maximum Gasteiger partial charge on any atom is 0.0832 e. The fraction of sp³-hybridized carbons (Fsp3) is 0.867. The van der Waals surface area contributed by atoms with Gasteiger partial charge in [0.2, 0.25) is 0 Å². The molecule has 108 valence electrons. The summed E-state index contributed by atoms with van der Waals surface area (Å²) in [7, 11) is 1.94. The van der Waals surface area contributed by atoms with Crippen molar-refractivity contribution in [3.63, 3.8) is 0 Å². The number of aryl methyl sites for hydroxylation is 1. The SMILES string of the molecule is Cn1cc(CC2(CBr)CCC(C(C)(C)C)CC2)nn1. The normalized spacial score (nSPS) is 28.6. The van der Waals surface area contributed by atoms with Crippen LogP contribution in [-0.4, -0.2) is 20.3 Å². The third kappa shape index (κ3) is 3.59. The average Bonchev–Trinajstić information content (AvgIpc) is 2.74. The Bertz CT molecular complexity index is 411. The van der Waals surface area contributed by atoms with Gasteiger partial charge in [-0.05, 0) is 48.9 Å². The Morgan fingerprint density at radius 3 is 2.42 bits per heavy atom. The maximum absolute atomic E-state index is 4.26. The minimum atomic E-state index is 0.387. The zero-order valence-electron chi connectivity index (χ0n) is 12.6. The molecule has 0 radical (unpaired) electrons. The predicted molar refractivity (Wildman–Crippen MR) is 82.3 cm³/mol. The number of nitrogens with zero attached hydrogens (tertiary/aromatic N) is 3. The van der Waals surface area contributed by atoms with Crippen molar-refractivity contribution in [2.75, 3.05) is 5.33 Å². The number of alkyl halides is 1. The van der Waals surface area contributed by atoms with Crippen molar-refractivity contribution >= 4 is 15.9 Å². The lowest BCUT2D eigenvalue weighted by molar-refractivity contribution is 0.103. The molecule has 0 aliphatic heterocycles. The average molecular weight is 328 g/mol. The van der Waals surface area contributed by atoms with E-state index < -0.39 is 0 Å². The van der Waals surface area contributed by atoms with Crippen molar-refractivity contribution in [3.8, 4) is 0 Å². The molecule has 1 fully saturated rings. The molecular weight excluding hydrogens is 302 g/mol. The van der Waals surface area contributed by atoms with Crippen LogP contribution in [0.5, 0.6) is 0 Å². The summed E-state index contributed by atoms with van der Waals surface area (Å²) < 4.78 is 1.80. The van der Waals surface area contributed by atoms with Crippen molar-refractivity contribution in [2.45, 2.75) is 52.9 Å². The summed E-state index contributed by atoms with van der Waals surface area (Å²) in [5.74, 6) is 0.863. The van der Waals surface area contributed by atoms with Gasteiger partial charge in [-0.15, -0.1) is 5.10 Å². The number of halogens is 1. The topological polar surface area (TPSA) is 30.7 Å². The smallest absolute Gasteiger partial charge is 0.0832 e. The molecule has 1 aliphatic rings. The van der Waals surface area contributed by atoms with E-state index in [2.05, 4.69) is 53.2 Å². The summed E-state index contributed by atoms with van der Waals surface area (Å²) in [5.41, 5.74) is 1.97. The van der Waals surface area contributed by atoms with Crippen LogP contribution in [0.25, 0.3) is 0 Å². The fourth-order valence-corrected chi connectivity index (χ4v) is 4.07. The van der Waals surface area contributed by atoms with Crippen LogP contribution < -0.4 is 0 Å². The second-order valence-corrected chi connectivity index (χ2v) is 7.89. The molecule has 1 aromatic heterocycles. The van der Waals surface area contributed by atoms with Gasteiger partial charge >= 0.3 is 0 Å². The molecule has 0 amide bonds. The summed E-state index contributed by atoms with van der Waals surface area (Å²) in [6.07, 6.45) is 8.40. The van der Waals surface area contributed by atoms with Crippen molar-refractivity contribution in [1.82, 2.24) is 15.0 Å². The van der Waals surface area contributed by atoms with Crippen LogP contribution in [0.1, 0.15) is 52.1 Å². The van der Waals surface area contributed by atoms with Crippen molar-refractivity contribution in [2.24, 2.45) is 23.8 Å². The van der Waals surface area contributed by atoms with Gasteiger partial charge in [0, 0.05) is 18.6 Å². The maximum atomic E-state index is 4.26. The third-order valence-electron chi connectivity index (χ3n) is 4.76. The van der Waals surface area contributed by atoms with E-state index in [0.29, 0.717) is 10.8 Å². The Labute approximate surface area is 125 Å². The minimum Gasteiger partial charge on any atom is -0.255 e. The number of rotatable bonds is 3. The second-order valence-electron chi connectivity index (χ2n) is 7.33. The zero-order chi connectivity index (χ0) is 14.1. The molecule has 1 aromatic rings. The molecular formula is C15H26BrN3. The van der Waals surface area contributed by atoms with Crippen LogP contribution in [0.2, 0.25) is 0 Å². The molecule has 0 aromatic carbocycles. The molecule has 3 nitrogen and oxygen atoms in total. The Hall–Kier alpha value is -0.380. The Kier molecular flexibility index (Phi) is 4.38. The van der Waals surface area contributed by atoms with Crippen LogP contribution in [0, 0.1) is 16.7 Å². The third-order valence-corrected chi connectivity index (χ3v) is 5.95. The lowest BCUT2D eigenvalue weighted by Crippen LogP contribution is -2.35. The number of hydrogen-bond donors (Lipinski definition) is 0. The van der Waals surface area contributed by atoms with Gasteiger partial charge in [-0.1, -0.05) is 41.9 Å². The Morgan fingerprint density at radius 1 is 1.37 bits per heavy atom. The van der Waals surface area contributed by atoms with Crippen molar-refractivity contribution < 1.29 is 0 Å². The van der Waals surface area contributed by atoms with E-state index in [-0.39, 0.29) is 0 Å². The molecule has 19 heavy (non-hydrogen) atoms. The lowest BCUT2D eigenvalue weighted by atomic mass is 9.63. The van der Waals surface area contributed by atoms with E-state index in [9.17, 15) is 0 Å². The van der Waals surface area contributed by atoms with Crippen LogP contribution >= 0.6 is 15.9 Å². The largest absolute Gasteiger partial charge is 0.255 e. The molecule has 0 unspecified atom stereocenters. The van der Waals surface area contributed by atoms with E-state index >= 15 is 0 Å². The van der Waals surface area contributed by atoms with E-state index in [4.69, 9.17) is 0 Å². The first kappa shape index (κ1) is 15.0. The van der Waals surface area contributed by atoms with Gasteiger partial charge in [0.25, 0.3) is 0 Å². The highest BCUT2D eigenvalue weighted by molar-refractivity contribution is 9.09. The number of hydrogen-bond acceptors (Lipinski definition) is 2. The van der Waals surface area contributed by atoms with Crippen LogP contribution in [0.15, 0.2) is 6.20 Å². The highest BCUT2D eigenvalue weighted by Gasteiger charge is 2.38. The highest BCUT2D eigenvalue weighted by Crippen LogP contribution is 2.47. The lowest BCUT2D eigenvalue weighted by Gasteiger charge is -2.43. The van der Waals surface area contributed by atoms with Gasteiger partial charge < -0.3 is 0 Å². The first-order valence-corrected chi connectivity index (χ1v) is 8.38. The van der Waals surface area contributed by atoms with Gasteiger partial charge in [-0.3, -0.25) is 4.68 Å². The number of aromatic nitrogens is 3. The molecule has 0 bridgehead atoms. The molecule has 1 saturated carbocycles. The van der Waals surface area contributed by atoms with Crippen molar-refractivity contribution in [3.05, 3.63) is 11.9 Å². The first-order chi connectivity index (χ1) is 8.85. The van der Waals surface area contributed by atoms with Crippen LogP contribution in [0.4, 0.5) is 0 Å². The zero-order valence-corrected chi connectivity index (χ0v) is 14.2. The first-order valence-electron chi connectivity index (χ1n) is 7.26. The highest BCUT2D eigenvalue weighted by atomic mass is 79.9. The predicted octanol–water partition coefficient (Wildman–Crippen LogP) is 3.98. The Balaban J connectivity index is 2.02. The summed E-state index contributed by atoms with van der Waals surface area (Å²) >= 11 is 3.75. The van der Waals surface area contributed by atoms with Gasteiger partial charge in [0.05, 0.1) is 5.69 Å². The molecule has 0 saturated heterocycles. The monoisotopic (exact) mass is 327 g/mol. The molecule has 4 heteroatoms. The summed E-state index contributed by atoms with van der Waals surface area (Å²) in [5, 5.41) is 9.39. The molecule has 2 rings (SSSR count). The quantitative estimate of drug-likeness (QED) is 0.786. The standard InChI is InChI=1S/C15H26BrN3/c1-14(2,3)12-5-7-15(11-16,8-6-12)9-13-10-19(4)18-17-13/h10,12H,5-9,11H2,1-4H3. The van der Waals surface area contributed by atoms with Crippen LogP contribution in [0.3, 0.4) is 0 Å². The Morgan fingerprint density at radius 2 is 2.00 bits per heavy atom. The van der Waals surface area contributed by atoms with E-state index in [1.54, 1.807) is 4.68 Å². The van der Waals surface area contributed by atoms with Crippen LogP contribution in [-0.2, 0) is 13.5 Å². The molecule has 0 atom stereocenters. The fourth-order valence-electron chi connectivity index (χ4n) is 3.31. The van der Waals surface area contributed by atoms with E-state index in [1.807, 2.05) is 7.05 Å². The van der Waals surface area contributed by atoms with Gasteiger partial charge in [-0.25, -0.2) is 0 Å². The van der Waals surface area contributed by atoms with Crippen molar-refractivity contribution in [1.29, 1.82) is 0 Å². The second kappa shape index (κ2) is 5.55. The van der Waals surface area contributed by atoms with Gasteiger partial charge in [-0.2, -0.15) is 0 Å². The summed E-state index contributed by atoms with van der Waals surface area (Å²) in [6, 6.07) is 0. The minimum absolute atomic E-state index is 0.387. The van der Waals surface area contributed by atoms with E-state index in [1.165, 1.54) is 25.7 Å². The summed E-state index contributed by atoms with van der Waals surface area (Å²) in [6.45, 7) is 7.13. The summed E-state index contributed by atoms with van der Waals surface area (Å²) in [4.78, 5) is 0. The van der Waals surface area contributed by atoms with Gasteiger partial charge in [0.1, 0.15) is 0 Å². The van der Waals surface area contributed by atoms with E-state index in [0.717, 1.165) is 23.4 Å². The van der Waals surface area contributed by atoms with Gasteiger partial charge in [0.15, 0.2) is 0 Å². The molecule has 0 spiro atoms. The molecule has 1 aliphatic carbocycles. The molecule has 1 heterocycles. The molecule has 0 N–H and O–H groups in total.